The number of aromatic nitrogens is 1. The van der Waals surface area contributed by atoms with Gasteiger partial charge in [-0.3, -0.25) is 4.98 Å². The molecule has 0 saturated carbocycles. The second-order valence-electron chi connectivity index (χ2n) is 4.00. The van der Waals surface area contributed by atoms with Gasteiger partial charge in [0.2, 0.25) is 0 Å². The molecule has 1 aromatic heterocycles. The Kier molecular flexibility index (Phi) is 4.43. The van der Waals surface area contributed by atoms with Crippen LogP contribution >= 0.6 is 0 Å². The average Bonchev–Trinajstić information content (AvgIpc) is 2.18. The number of ketones is 1. The Morgan fingerprint density at radius 3 is 2.47 bits per heavy atom. The second kappa shape index (κ2) is 5.61. The fraction of sp³-hybridized carbons (Fsp3) is 0.500. The minimum atomic E-state index is 0.246. The predicted octanol–water partition coefficient (Wildman–Crippen LogP) is 2.05. The number of hydrogen-bond donors (Lipinski definition) is 0. The number of hydrogen-bond acceptors (Lipinski definition) is 3. The van der Waals surface area contributed by atoms with Crippen molar-refractivity contribution in [2.45, 2.75) is 25.8 Å². The van der Waals surface area contributed by atoms with Crippen molar-refractivity contribution in [3.8, 4) is 0 Å². The largest absolute Gasteiger partial charge is 0.302 e. The quantitative estimate of drug-likeness (QED) is 0.739. The monoisotopic (exact) mass is 206 g/mol. The molecule has 0 amide bonds. The third-order valence-electron chi connectivity index (χ3n) is 2.48. The van der Waals surface area contributed by atoms with Crippen LogP contribution in [0.3, 0.4) is 0 Å². The fourth-order valence-corrected chi connectivity index (χ4v) is 1.65. The van der Waals surface area contributed by atoms with Crippen LogP contribution < -0.4 is 0 Å². The molecule has 15 heavy (non-hydrogen) atoms. The lowest BCUT2D eigenvalue weighted by atomic mass is 10.0. The lowest BCUT2D eigenvalue weighted by Crippen LogP contribution is -2.20. The molecule has 1 rings (SSSR count). The van der Waals surface area contributed by atoms with E-state index in [0.29, 0.717) is 12.5 Å². The van der Waals surface area contributed by atoms with Crippen molar-refractivity contribution in [2.24, 2.45) is 0 Å². The first-order chi connectivity index (χ1) is 7.11. The van der Waals surface area contributed by atoms with Crippen LogP contribution in [0.15, 0.2) is 24.5 Å². The number of pyridine rings is 1. The maximum Gasteiger partial charge on any atom is 0.129 e. The molecule has 0 aromatic carbocycles. The predicted molar refractivity (Wildman–Crippen MR) is 60.6 cm³/mol. The van der Waals surface area contributed by atoms with Crippen LogP contribution in [0, 0.1) is 0 Å². The molecule has 0 fully saturated rings. The van der Waals surface area contributed by atoms with Crippen molar-refractivity contribution in [3.05, 3.63) is 30.1 Å². The van der Waals surface area contributed by atoms with Crippen molar-refractivity contribution in [1.82, 2.24) is 9.88 Å². The van der Waals surface area contributed by atoms with Gasteiger partial charge >= 0.3 is 0 Å². The number of carbonyl (C=O) groups excluding carboxylic acids is 1. The zero-order chi connectivity index (χ0) is 11.3. The summed E-state index contributed by atoms with van der Waals surface area (Å²) in [5.41, 5.74) is 1.22. The van der Waals surface area contributed by atoms with Gasteiger partial charge in [0.15, 0.2) is 0 Å². The van der Waals surface area contributed by atoms with E-state index in [4.69, 9.17) is 0 Å². The Labute approximate surface area is 91.1 Å². The molecule has 0 saturated heterocycles. The van der Waals surface area contributed by atoms with E-state index in [1.807, 2.05) is 26.2 Å². The summed E-state index contributed by atoms with van der Waals surface area (Å²) in [6.07, 6.45) is 5.08. The lowest BCUT2D eigenvalue weighted by Gasteiger charge is -2.24. The summed E-state index contributed by atoms with van der Waals surface area (Å²) in [6.45, 7) is 1.64. The van der Waals surface area contributed by atoms with Crippen molar-refractivity contribution >= 4 is 5.78 Å². The summed E-state index contributed by atoms with van der Waals surface area (Å²) < 4.78 is 0. The number of nitrogens with zero attached hydrogens (tertiary/aromatic N) is 2. The highest BCUT2D eigenvalue weighted by Gasteiger charge is 2.14. The van der Waals surface area contributed by atoms with E-state index in [9.17, 15) is 4.79 Å². The first-order valence-electron chi connectivity index (χ1n) is 5.17. The van der Waals surface area contributed by atoms with Crippen LogP contribution in [0.2, 0.25) is 0 Å². The van der Waals surface area contributed by atoms with Crippen LogP contribution in [0.5, 0.6) is 0 Å². The van der Waals surface area contributed by atoms with Crippen LogP contribution in [0.1, 0.15) is 31.4 Å². The molecule has 0 N–H and O–H groups in total. The van der Waals surface area contributed by atoms with Gasteiger partial charge in [-0.2, -0.15) is 0 Å². The third kappa shape index (κ3) is 3.80. The maximum atomic E-state index is 11.0. The molecule has 1 heterocycles. The standard InChI is InChI=1S/C12H18N2O/c1-10(15)4-5-12(14(2)3)11-6-8-13-9-7-11/h6-9,12H,4-5H2,1-3H3. The third-order valence-corrected chi connectivity index (χ3v) is 2.48. The summed E-state index contributed by atoms with van der Waals surface area (Å²) in [6, 6.07) is 4.31. The van der Waals surface area contributed by atoms with Gasteiger partial charge in [0, 0.05) is 24.9 Å². The molecule has 3 heteroatoms. The Hall–Kier alpha value is -1.22. The van der Waals surface area contributed by atoms with E-state index in [0.717, 1.165) is 6.42 Å². The van der Waals surface area contributed by atoms with E-state index in [2.05, 4.69) is 9.88 Å². The van der Waals surface area contributed by atoms with Gasteiger partial charge in [-0.25, -0.2) is 0 Å². The number of rotatable bonds is 5. The molecule has 0 spiro atoms. The highest BCUT2D eigenvalue weighted by atomic mass is 16.1. The summed E-state index contributed by atoms with van der Waals surface area (Å²) >= 11 is 0. The summed E-state index contributed by atoms with van der Waals surface area (Å²) in [4.78, 5) is 17.1. The van der Waals surface area contributed by atoms with Gasteiger partial charge in [-0.15, -0.1) is 0 Å². The number of Topliss-reactive ketones (excluding diaryl/α,β-unsaturated/α-hetero) is 1. The topological polar surface area (TPSA) is 33.2 Å². The van der Waals surface area contributed by atoms with E-state index >= 15 is 0 Å². The first kappa shape index (κ1) is 11.9. The molecule has 1 unspecified atom stereocenters. The Morgan fingerprint density at radius 2 is 2.00 bits per heavy atom. The van der Waals surface area contributed by atoms with Crippen LogP contribution in [0.25, 0.3) is 0 Å². The second-order valence-corrected chi connectivity index (χ2v) is 4.00. The van der Waals surface area contributed by atoms with Gasteiger partial charge in [0.25, 0.3) is 0 Å². The summed E-state index contributed by atoms with van der Waals surface area (Å²) in [7, 11) is 4.07. The Morgan fingerprint density at radius 1 is 1.40 bits per heavy atom. The zero-order valence-corrected chi connectivity index (χ0v) is 9.60. The molecule has 1 atom stereocenters. The van der Waals surface area contributed by atoms with E-state index in [1.54, 1.807) is 19.3 Å². The maximum absolute atomic E-state index is 11.0. The highest BCUT2D eigenvalue weighted by Crippen LogP contribution is 2.22. The molecule has 0 aliphatic heterocycles. The molecule has 0 aliphatic rings. The molecular weight excluding hydrogens is 188 g/mol. The van der Waals surface area contributed by atoms with Gasteiger partial charge < -0.3 is 9.69 Å². The molecule has 3 nitrogen and oxygen atoms in total. The molecule has 0 bridgehead atoms. The smallest absolute Gasteiger partial charge is 0.129 e. The van der Waals surface area contributed by atoms with Gasteiger partial charge in [-0.1, -0.05) is 0 Å². The van der Waals surface area contributed by atoms with Gasteiger partial charge in [0.1, 0.15) is 5.78 Å². The normalized spacial score (nSPS) is 12.8. The number of carbonyl (C=O) groups is 1. The van der Waals surface area contributed by atoms with Crippen LogP contribution in [-0.4, -0.2) is 29.8 Å². The van der Waals surface area contributed by atoms with E-state index in [-0.39, 0.29) is 5.78 Å². The highest BCUT2D eigenvalue weighted by molar-refractivity contribution is 5.75. The minimum absolute atomic E-state index is 0.246. The lowest BCUT2D eigenvalue weighted by molar-refractivity contribution is -0.117. The SMILES string of the molecule is CC(=O)CCC(c1ccncc1)N(C)C. The Balaban J connectivity index is 2.70. The molecule has 1 aromatic rings. The van der Waals surface area contributed by atoms with Crippen molar-refractivity contribution in [1.29, 1.82) is 0 Å². The van der Waals surface area contributed by atoms with Gasteiger partial charge in [0.05, 0.1) is 0 Å². The zero-order valence-electron chi connectivity index (χ0n) is 9.60. The van der Waals surface area contributed by atoms with Crippen molar-refractivity contribution in [2.75, 3.05) is 14.1 Å². The van der Waals surface area contributed by atoms with E-state index < -0.39 is 0 Å². The minimum Gasteiger partial charge on any atom is -0.302 e. The average molecular weight is 206 g/mol. The fourth-order valence-electron chi connectivity index (χ4n) is 1.65. The summed E-state index contributed by atoms with van der Waals surface area (Å²) in [5.74, 6) is 0.246. The Bertz CT molecular complexity index is 309. The summed E-state index contributed by atoms with van der Waals surface area (Å²) in [5, 5.41) is 0. The molecular formula is C12H18N2O. The molecule has 82 valence electrons. The molecule has 0 radical (unpaired) electrons. The first-order valence-corrected chi connectivity index (χ1v) is 5.17. The van der Waals surface area contributed by atoms with Crippen LogP contribution in [-0.2, 0) is 4.79 Å². The van der Waals surface area contributed by atoms with E-state index in [1.165, 1.54) is 5.56 Å². The van der Waals surface area contributed by atoms with Crippen molar-refractivity contribution < 1.29 is 4.79 Å². The van der Waals surface area contributed by atoms with Crippen molar-refractivity contribution in [3.63, 3.8) is 0 Å². The van der Waals surface area contributed by atoms with Crippen LogP contribution in [0.4, 0.5) is 0 Å². The van der Waals surface area contributed by atoms with Gasteiger partial charge in [-0.05, 0) is 45.1 Å². The molecule has 0 aliphatic carbocycles.